The monoisotopic (exact) mass is 179 g/mol. The molecule has 0 radical (unpaired) electrons. The summed E-state index contributed by atoms with van der Waals surface area (Å²) < 4.78 is 7.31. The van der Waals surface area contributed by atoms with Crippen molar-refractivity contribution in [1.29, 1.82) is 0 Å². The summed E-state index contributed by atoms with van der Waals surface area (Å²) in [7, 11) is 2.14. The van der Waals surface area contributed by atoms with Crippen molar-refractivity contribution >= 4 is 0 Å². The molecular weight excluding hydrogens is 166 g/mol. The molecule has 1 aromatic rings. The van der Waals surface area contributed by atoms with E-state index in [1.807, 2.05) is 6.20 Å². The fourth-order valence-corrected chi connectivity index (χ4v) is 2.01. The summed E-state index contributed by atoms with van der Waals surface area (Å²) in [5, 5.41) is 4.40. The smallest absolute Gasteiger partial charge is 0.0989 e. The minimum Gasteiger partial charge on any atom is -0.377 e. The molecule has 0 aromatic carbocycles. The standard InChI is InChI=1S/C9H13N3O/c1-11-3-7-2-10-12(9(7)4-11)8-5-13-6-8/h2,8H,3-6H2,1H3. The molecule has 0 unspecified atom stereocenters. The Labute approximate surface area is 77.1 Å². The summed E-state index contributed by atoms with van der Waals surface area (Å²) in [6, 6.07) is 0.496. The number of rotatable bonds is 1. The van der Waals surface area contributed by atoms with Crippen LogP contribution in [0.5, 0.6) is 0 Å². The largest absolute Gasteiger partial charge is 0.377 e. The fourth-order valence-electron chi connectivity index (χ4n) is 2.01. The zero-order valence-electron chi connectivity index (χ0n) is 7.73. The van der Waals surface area contributed by atoms with E-state index in [2.05, 4.69) is 21.7 Å². The molecule has 0 bridgehead atoms. The van der Waals surface area contributed by atoms with Crippen LogP contribution in [0.3, 0.4) is 0 Å². The first-order chi connectivity index (χ1) is 6.34. The third-order valence-electron chi connectivity index (χ3n) is 2.81. The number of hydrogen-bond acceptors (Lipinski definition) is 3. The van der Waals surface area contributed by atoms with Gasteiger partial charge >= 0.3 is 0 Å². The molecule has 1 aromatic heterocycles. The molecule has 3 heterocycles. The normalized spacial score (nSPS) is 23.2. The highest BCUT2D eigenvalue weighted by Crippen LogP contribution is 2.26. The van der Waals surface area contributed by atoms with Crippen LogP contribution in [0.4, 0.5) is 0 Å². The van der Waals surface area contributed by atoms with Gasteiger partial charge in [0, 0.05) is 18.7 Å². The molecule has 0 atom stereocenters. The van der Waals surface area contributed by atoms with Gasteiger partial charge in [-0.2, -0.15) is 5.10 Å². The lowest BCUT2D eigenvalue weighted by Gasteiger charge is -2.27. The van der Waals surface area contributed by atoms with Crippen molar-refractivity contribution in [3.8, 4) is 0 Å². The lowest BCUT2D eigenvalue weighted by molar-refractivity contribution is -0.0301. The molecule has 4 nitrogen and oxygen atoms in total. The van der Waals surface area contributed by atoms with Crippen molar-refractivity contribution in [3.05, 3.63) is 17.5 Å². The van der Waals surface area contributed by atoms with Crippen LogP contribution in [-0.4, -0.2) is 34.9 Å². The van der Waals surface area contributed by atoms with E-state index < -0.39 is 0 Å². The van der Waals surface area contributed by atoms with Gasteiger partial charge in [-0.25, -0.2) is 0 Å². The van der Waals surface area contributed by atoms with Gasteiger partial charge in [-0.3, -0.25) is 9.58 Å². The van der Waals surface area contributed by atoms with Gasteiger partial charge in [-0.05, 0) is 7.05 Å². The zero-order chi connectivity index (χ0) is 8.84. The second-order valence-electron chi connectivity index (χ2n) is 3.92. The molecule has 1 saturated heterocycles. The number of hydrogen-bond donors (Lipinski definition) is 0. The highest BCUT2D eigenvalue weighted by atomic mass is 16.5. The molecule has 0 spiro atoms. The van der Waals surface area contributed by atoms with Gasteiger partial charge in [0.2, 0.25) is 0 Å². The Morgan fingerprint density at radius 2 is 2.31 bits per heavy atom. The van der Waals surface area contributed by atoms with Crippen molar-refractivity contribution in [3.63, 3.8) is 0 Å². The molecule has 0 saturated carbocycles. The zero-order valence-corrected chi connectivity index (χ0v) is 7.73. The Bertz CT molecular complexity index is 330. The summed E-state index contributed by atoms with van der Waals surface area (Å²) in [5.74, 6) is 0. The Kier molecular flexibility index (Phi) is 1.48. The van der Waals surface area contributed by atoms with Crippen molar-refractivity contribution in [2.24, 2.45) is 0 Å². The van der Waals surface area contributed by atoms with E-state index in [1.54, 1.807) is 0 Å². The van der Waals surface area contributed by atoms with E-state index in [-0.39, 0.29) is 0 Å². The predicted molar refractivity (Wildman–Crippen MR) is 47.3 cm³/mol. The Hall–Kier alpha value is -0.870. The van der Waals surface area contributed by atoms with Gasteiger partial charge in [-0.15, -0.1) is 0 Å². The molecule has 0 aliphatic carbocycles. The van der Waals surface area contributed by atoms with Gasteiger partial charge in [0.05, 0.1) is 31.1 Å². The lowest BCUT2D eigenvalue weighted by atomic mass is 10.2. The second-order valence-corrected chi connectivity index (χ2v) is 3.92. The minimum atomic E-state index is 0.496. The van der Waals surface area contributed by atoms with Crippen LogP contribution in [-0.2, 0) is 17.8 Å². The van der Waals surface area contributed by atoms with Crippen LogP contribution >= 0.6 is 0 Å². The first-order valence-electron chi connectivity index (χ1n) is 4.66. The summed E-state index contributed by atoms with van der Waals surface area (Å²) >= 11 is 0. The molecular formula is C9H13N3O. The first kappa shape index (κ1) is 7.53. The Morgan fingerprint density at radius 1 is 1.46 bits per heavy atom. The topological polar surface area (TPSA) is 30.3 Å². The van der Waals surface area contributed by atoms with Crippen molar-refractivity contribution in [2.75, 3.05) is 20.3 Å². The van der Waals surface area contributed by atoms with Gasteiger partial charge in [0.25, 0.3) is 0 Å². The number of aromatic nitrogens is 2. The average molecular weight is 179 g/mol. The third kappa shape index (κ3) is 1.02. The molecule has 2 aliphatic heterocycles. The quantitative estimate of drug-likeness (QED) is 0.625. The maximum Gasteiger partial charge on any atom is 0.0989 e. The van der Waals surface area contributed by atoms with Crippen molar-refractivity contribution in [1.82, 2.24) is 14.7 Å². The minimum absolute atomic E-state index is 0.496. The van der Waals surface area contributed by atoms with Crippen LogP contribution in [0.25, 0.3) is 0 Å². The Morgan fingerprint density at radius 3 is 3.00 bits per heavy atom. The number of ether oxygens (including phenoxy) is 1. The first-order valence-corrected chi connectivity index (χ1v) is 4.66. The summed E-state index contributed by atoms with van der Waals surface area (Å²) in [6.07, 6.45) is 2.00. The molecule has 70 valence electrons. The summed E-state index contributed by atoms with van der Waals surface area (Å²) in [5.41, 5.74) is 2.77. The number of fused-ring (bicyclic) bond motifs is 1. The van der Waals surface area contributed by atoms with Crippen LogP contribution in [0, 0.1) is 0 Å². The maximum absolute atomic E-state index is 5.17. The highest BCUT2D eigenvalue weighted by Gasteiger charge is 2.28. The molecule has 1 fully saturated rings. The fraction of sp³-hybridized carbons (Fsp3) is 0.667. The second kappa shape index (κ2) is 2.56. The van der Waals surface area contributed by atoms with Gasteiger partial charge in [-0.1, -0.05) is 0 Å². The highest BCUT2D eigenvalue weighted by molar-refractivity contribution is 5.22. The van der Waals surface area contributed by atoms with Crippen LogP contribution < -0.4 is 0 Å². The van der Waals surface area contributed by atoms with Crippen LogP contribution in [0.15, 0.2) is 6.20 Å². The average Bonchev–Trinajstić information content (AvgIpc) is 2.47. The van der Waals surface area contributed by atoms with Gasteiger partial charge < -0.3 is 4.74 Å². The molecule has 3 rings (SSSR count). The van der Waals surface area contributed by atoms with E-state index in [1.165, 1.54) is 11.3 Å². The SMILES string of the molecule is CN1Cc2cnn(C3COC3)c2C1. The molecule has 4 heteroatoms. The molecule has 13 heavy (non-hydrogen) atoms. The van der Waals surface area contributed by atoms with Gasteiger partial charge in [0.15, 0.2) is 0 Å². The van der Waals surface area contributed by atoms with E-state index in [0.29, 0.717) is 6.04 Å². The predicted octanol–water partition coefficient (Wildman–Crippen LogP) is 0.400. The Balaban J connectivity index is 1.94. The van der Waals surface area contributed by atoms with E-state index in [9.17, 15) is 0 Å². The van der Waals surface area contributed by atoms with Crippen molar-refractivity contribution in [2.45, 2.75) is 19.1 Å². The van der Waals surface area contributed by atoms with E-state index >= 15 is 0 Å². The number of nitrogens with zero attached hydrogens (tertiary/aromatic N) is 3. The summed E-state index contributed by atoms with van der Waals surface area (Å²) in [4.78, 5) is 2.31. The molecule has 0 amide bonds. The lowest BCUT2D eigenvalue weighted by Crippen LogP contribution is -2.32. The van der Waals surface area contributed by atoms with Crippen LogP contribution in [0.2, 0.25) is 0 Å². The van der Waals surface area contributed by atoms with Crippen LogP contribution in [0.1, 0.15) is 17.3 Å². The van der Waals surface area contributed by atoms with E-state index in [4.69, 9.17) is 4.74 Å². The molecule has 0 N–H and O–H groups in total. The maximum atomic E-state index is 5.17. The molecule has 2 aliphatic rings. The third-order valence-corrected chi connectivity index (χ3v) is 2.81. The van der Waals surface area contributed by atoms with Crippen molar-refractivity contribution < 1.29 is 4.74 Å². The van der Waals surface area contributed by atoms with E-state index in [0.717, 1.165) is 26.3 Å². The van der Waals surface area contributed by atoms with Gasteiger partial charge in [0.1, 0.15) is 0 Å². The summed E-state index contributed by atoms with van der Waals surface area (Å²) in [6.45, 7) is 3.74.